The molecular formula is C16H23N5O. The van der Waals surface area contributed by atoms with Crippen LogP contribution in [-0.2, 0) is 17.8 Å². The van der Waals surface area contributed by atoms with Crippen LogP contribution in [0.5, 0.6) is 0 Å². The van der Waals surface area contributed by atoms with Crippen LogP contribution in [0.25, 0.3) is 0 Å². The van der Waals surface area contributed by atoms with Gasteiger partial charge in [-0.25, -0.2) is 0 Å². The molecule has 22 heavy (non-hydrogen) atoms. The second-order valence-corrected chi connectivity index (χ2v) is 5.64. The van der Waals surface area contributed by atoms with E-state index in [4.69, 9.17) is 4.74 Å². The molecule has 6 heteroatoms. The molecule has 0 aliphatic carbocycles. The minimum absolute atomic E-state index is 0.314. The van der Waals surface area contributed by atoms with Crippen molar-refractivity contribution in [1.82, 2.24) is 20.0 Å². The quantitative estimate of drug-likeness (QED) is 0.847. The molecule has 2 aromatic heterocycles. The van der Waals surface area contributed by atoms with Crippen LogP contribution >= 0.6 is 0 Å². The molecule has 1 atom stereocenters. The minimum Gasteiger partial charge on any atom is -0.381 e. The molecular weight excluding hydrogens is 278 g/mol. The van der Waals surface area contributed by atoms with E-state index < -0.39 is 0 Å². The molecule has 0 spiro atoms. The number of anilines is 1. The first kappa shape index (κ1) is 15.0. The number of rotatable bonds is 5. The predicted molar refractivity (Wildman–Crippen MR) is 85.0 cm³/mol. The van der Waals surface area contributed by atoms with Gasteiger partial charge in [-0.05, 0) is 32.9 Å². The summed E-state index contributed by atoms with van der Waals surface area (Å²) < 4.78 is 7.79. The number of fused-ring (bicyclic) bond motifs is 1. The highest BCUT2D eigenvalue weighted by atomic mass is 16.5. The van der Waals surface area contributed by atoms with Gasteiger partial charge in [0.1, 0.15) is 0 Å². The third kappa shape index (κ3) is 2.83. The Bertz CT molecular complexity index is 622. The Labute approximate surface area is 131 Å². The lowest BCUT2D eigenvalue weighted by Crippen LogP contribution is -2.37. The normalized spacial score (nSPS) is 17.6. The monoisotopic (exact) mass is 301 g/mol. The van der Waals surface area contributed by atoms with Crippen molar-refractivity contribution in [2.24, 2.45) is 0 Å². The molecule has 0 bridgehead atoms. The van der Waals surface area contributed by atoms with Crippen LogP contribution in [0.2, 0.25) is 0 Å². The van der Waals surface area contributed by atoms with Gasteiger partial charge in [-0.15, -0.1) is 5.10 Å². The molecule has 3 rings (SSSR count). The highest BCUT2D eigenvalue weighted by molar-refractivity contribution is 5.43. The van der Waals surface area contributed by atoms with Crippen molar-refractivity contribution < 1.29 is 4.74 Å². The molecule has 2 aromatic rings. The Hall–Kier alpha value is -1.95. The number of aromatic nitrogens is 4. The molecule has 0 fully saturated rings. The zero-order valence-electron chi connectivity index (χ0n) is 13.5. The van der Waals surface area contributed by atoms with Gasteiger partial charge in [0.15, 0.2) is 5.82 Å². The van der Waals surface area contributed by atoms with E-state index >= 15 is 0 Å². The lowest BCUT2D eigenvalue weighted by molar-refractivity contribution is 0.129. The number of ether oxygens (including phenoxy) is 1. The smallest absolute Gasteiger partial charge is 0.151 e. The number of hydrogen-bond acceptors (Lipinski definition) is 5. The van der Waals surface area contributed by atoms with Crippen molar-refractivity contribution in [2.75, 3.05) is 24.7 Å². The molecule has 3 heterocycles. The van der Waals surface area contributed by atoms with Gasteiger partial charge < -0.3 is 9.64 Å². The first-order chi connectivity index (χ1) is 10.7. The van der Waals surface area contributed by atoms with E-state index in [1.54, 1.807) is 0 Å². The van der Waals surface area contributed by atoms with E-state index in [-0.39, 0.29) is 0 Å². The molecule has 0 saturated carbocycles. The van der Waals surface area contributed by atoms with Crippen LogP contribution in [-0.4, -0.2) is 39.7 Å². The van der Waals surface area contributed by atoms with Gasteiger partial charge in [0.2, 0.25) is 0 Å². The average molecular weight is 301 g/mol. The van der Waals surface area contributed by atoms with Gasteiger partial charge in [0.25, 0.3) is 0 Å². The number of hydrogen-bond donors (Lipinski definition) is 0. The largest absolute Gasteiger partial charge is 0.381 e. The fourth-order valence-corrected chi connectivity index (χ4v) is 3.03. The summed E-state index contributed by atoms with van der Waals surface area (Å²) in [6.45, 7) is 10.2. The Morgan fingerprint density at radius 1 is 1.27 bits per heavy atom. The molecule has 6 nitrogen and oxygen atoms in total. The second kappa shape index (κ2) is 6.44. The van der Waals surface area contributed by atoms with Crippen molar-refractivity contribution in [3.8, 4) is 0 Å². The third-order valence-electron chi connectivity index (χ3n) is 4.08. The molecule has 0 aromatic carbocycles. The first-order valence-electron chi connectivity index (χ1n) is 7.90. The van der Waals surface area contributed by atoms with Crippen molar-refractivity contribution in [3.05, 3.63) is 35.3 Å². The van der Waals surface area contributed by atoms with Crippen LogP contribution < -0.4 is 4.90 Å². The minimum atomic E-state index is 0.314. The summed E-state index contributed by atoms with van der Waals surface area (Å²) in [7, 11) is 0. The van der Waals surface area contributed by atoms with E-state index in [1.807, 2.05) is 32.2 Å². The molecule has 0 radical (unpaired) electrons. The van der Waals surface area contributed by atoms with Crippen LogP contribution in [0, 0.1) is 6.92 Å². The summed E-state index contributed by atoms with van der Waals surface area (Å²) in [4.78, 5) is 2.26. The van der Waals surface area contributed by atoms with Gasteiger partial charge in [-0.2, -0.15) is 10.2 Å². The molecule has 0 N–H and O–H groups in total. The maximum absolute atomic E-state index is 5.70. The standard InChI is InChI=1S/C16H23N5O/c1-4-21-16-13(8-17-21)9-20(10-14(16)11-22-5-2)15-7-6-12(3)18-19-15/h6-8,14H,4-5,9-11H2,1-3H3. The van der Waals surface area contributed by atoms with Gasteiger partial charge in [-0.3, -0.25) is 4.68 Å². The van der Waals surface area contributed by atoms with E-state index in [9.17, 15) is 0 Å². The summed E-state index contributed by atoms with van der Waals surface area (Å²) in [5.41, 5.74) is 3.51. The maximum Gasteiger partial charge on any atom is 0.151 e. The zero-order chi connectivity index (χ0) is 15.5. The van der Waals surface area contributed by atoms with Gasteiger partial charge in [0.05, 0.1) is 24.2 Å². The fraction of sp³-hybridized carbons (Fsp3) is 0.562. The highest BCUT2D eigenvalue weighted by Gasteiger charge is 2.30. The summed E-state index contributed by atoms with van der Waals surface area (Å²) in [6, 6.07) is 4.04. The Morgan fingerprint density at radius 3 is 2.82 bits per heavy atom. The van der Waals surface area contributed by atoms with E-state index in [0.717, 1.165) is 37.8 Å². The summed E-state index contributed by atoms with van der Waals surface area (Å²) in [5, 5.41) is 13.0. The average Bonchev–Trinajstić information content (AvgIpc) is 2.96. The summed E-state index contributed by atoms with van der Waals surface area (Å²) in [5.74, 6) is 1.23. The fourth-order valence-electron chi connectivity index (χ4n) is 3.03. The van der Waals surface area contributed by atoms with Crippen molar-refractivity contribution in [1.29, 1.82) is 0 Å². The third-order valence-corrected chi connectivity index (χ3v) is 4.08. The van der Waals surface area contributed by atoms with Gasteiger partial charge in [-0.1, -0.05) is 0 Å². The van der Waals surface area contributed by atoms with Gasteiger partial charge >= 0.3 is 0 Å². The Morgan fingerprint density at radius 2 is 2.14 bits per heavy atom. The van der Waals surface area contributed by atoms with E-state index in [2.05, 4.69) is 31.8 Å². The van der Waals surface area contributed by atoms with E-state index in [0.29, 0.717) is 12.5 Å². The number of aryl methyl sites for hydroxylation is 2. The van der Waals surface area contributed by atoms with Crippen molar-refractivity contribution >= 4 is 5.82 Å². The number of nitrogens with zero attached hydrogens (tertiary/aromatic N) is 5. The lowest BCUT2D eigenvalue weighted by Gasteiger charge is -2.33. The second-order valence-electron chi connectivity index (χ2n) is 5.64. The topological polar surface area (TPSA) is 56.1 Å². The van der Waals surface area contributed by atoms with Crippen LogP contribution in [0.15, 0.2) is 18.3 Å². The summed E-state index contributed by atoms with van der Waals surface area (Å²) in [6.07, 6.45) is 1.98. The van der Waals surface area contributed by atoms with Crippen molar-refractivity contribution in [2.45, 2.75) is 39.8 Å². The Balaban J connectivity index is 1.89. The lowest BCUT2D eigenvalue weighted by atomic mass is 9.97. The van der Waals surface area contributed by atoms with Crippen LogP contribution in [0.4, 0.5) is 5.82 Å². The summed E-state index contributed by atoms with van der Waals surface area (Å²) >= 11 is 0. The molecule has 0 saturated heterocycles. The predicted octanol–water partition coefficient (Wildman–Crippen LogP) is 2.14. The molecule has 1 aliphatic heterocycles. The van der Waals surface area contributed by atoms with Crippen LogP contribution in [0.3, 0.4) is 0 Å². The molecule has 118 valence electrons. The zero-order valence-corrected chi connectivity index (χ0v) is 13.5. The first-order valence-corrected chi connectivity index (χ1v) is 7.90. The Kier molecular flexibility index (Phi) is 4.38. The SMILES string of the molecule is CCOCC1CN(c2ccc(C)nn2)Cc2cnn(CC)c21. The molecule has 1 unspecified atom stereocenters. The molecule has 0 amide bonds. The van der Waals surface area contributed by atoms with Gasteiger partial charge in [0, 0.05) is 37.7 Å². The van der Waals surface area contributed by atoms with E-state index in [1.165, 1.54) is 11.3 Å². The highest BCUT2D eigenvalue weighted by Crippen LogP contribution is 2.30. The van der Waals surface area contributed by atoms with Crippen molar-refractivity contribution in [3.63, 3.8) is 0 Å². The molecule has 1 aliphatic rings. The maximum atomic E-state index is 5.70. The van der Waals surface area contributed by atoms with Crippen LogP contribution in [0.1, 0.15) is 36.7 Å².